The van der Waals surface area contributed by atoms with Crippen molar-refractivity contribution in [2.75, 3.05) is 0 Å². The Bertz CT molecular complexity index is 523. The predicted octanol–water partition coefficient (Wildman–Crippen LogP) is 3.27. The Morgan fingerprint density at radius 2 is 2.12 bits per heavy atom. The predicted molar refractivity (Wildman–Crippen MR) is 66.8 cm³/mol. The Hall–Kier alpha value is -1.57. The maximum absolute atomic E-state index is 10.7. The van der Waals surface area contributed by atoms with Crippen LogP contribution in [0.2, 0.25) is 0 Å². The normalized spacial score (nSPS) is 11.2. The molecule has 16 heavy (non-hydrogen) atoms. The van der Waals surface area contributed by atoms with E-state index in [1.165, 1.54) is 16.5 Å². The molecule has 2 aromatic rings. The van der Waals surface area contributed by atoms with E-state index in [1.807, 2.05) is 0 Å². The highest BCUT2D eigenvalue weighted by atomic mass is 16.1. The third-order valence-corrected chi connectivity index (χ3v) is 2.93. The van der Waals surface area contributed by atoms with Gasteiger partial charge in [0.25, 0.3) is 0 Å². The van der Waals surface area contributed by atoms with Gasteiger partial charge in [-0.2, -0.15) is 0 Å². The van der Waals surface area contributed by atoms with Crippen LogP contribution in [-0.2, 0) is 11.2 Å². The lowest BCUT2D eigenvalue weighted by molar-refractivity contribution is -0.107. The second-order valence-electron chi connectivity index (χ2n) is 4.55. The van der Waals surface area contributed by atoms with Crippen molar-refractivity contribution in [3.05, 3.63) is 35.5 Å². The molecule has 0 radical (unpaired) electrons. The van der Waals surface area contributed by atoms with Crippen LogP contribution >= 0.6 is 0 Å². The van der Waals surface area contributed by atoms with Crippen LogP contribution < -0.4 is 0 Å². The first kappa shape index (κ1) is 10.9. The molecule has 0 atom stereocenters. The Morgan fingerprint density at radius 1 is 1.38 bits per heavy atom. The van der Waals surface area contributed by atoms with Crippen LogP contribution in [0.25, 0.3) is 10.9 Å². The Balaban J connectivity index is 2.70. The molecule has 1 aromatic carbocycles. The van der Waals surface area contributed by atoms with Crippen LogP contribution in [0.5, 0.6) is 0 Å². The van der Waals surface area contributed by atoms with E-state index >= 15 is 0 Å². The summed E-state index contributed by atoms with van der Waals surface area (Å²) in [5.41, 5.74) is 3.61. The van der Waals surface area contributed by atoms with E-state index < -0.39 is 0 Å². The van der Waals surface area contributed by atoms with Crippen molar-refractivity contribution >= 4 is 17.2 Å². The minimum Gasteiger partial charge on any atom is -0.345 e. The van der Waals surface area contributed by atoms with E-state index in [2.05, 4.69) is 49.7 Å². The summed E-state index contributed by atoms with van der Waals surface area (Å²) in [6.45, 7) is 6.41. The van der Waals surface area contributed by atoms with E-state index in [-0.39, 0.29) is 0 Å². The highest BCUT2D eigenvalue weighted by molar-refractivity contribution is 5.86. The number of hydrogen-bond acceptors (Lipinski definition) is 1. The minimum absolute atomic E-state index is 0.421. The van der Waals surface area contributed by atoms with Crippen molar-refractivity contribution in [3.63, 3.8) is 0 Å². The van der Waals surface area contributed by atoms with Gasteiger partial charge in [-0.3, -0.25) is 0 Å². The number of rotatable bonds is 3. The van der Waals surface area contributed by atoms with Gasteiger partial charge in [-0.25, -0.2) is 0 Å². The zero-order valence-corrected chi connectivity index (χ0v) is 10.0. The highest BCUT2D eigenvalue weighted by Crippen LogP contribution is 2.25. The first-order valence-corrected chi connectivity index (χ1v) is 5.67. The Labute approximate surface area is 95.9 Å². The van der Waals surface area contributed by atoms with E-state index in [0.717, 1.165) is 11.8 Å². The monoisotopic (exact) mass is 215 g/mol. The zero-order valence-electron chi connectivity index (χ0n) is 10.0. The van der Waals surface area contributed by atoms with Gasteiger partial charge < -0.3 is 9.36 Å². The van der Waals surface area contributed by atoms with Gasteiger partial charge in [-0.15, -0.1) is 0 Å². The maximum atomic E-state index is 10.7. The van der Waals surface area contributed by atoms with E-state index in [4.69, 9.17) is 0 Å². The third-order valence-electron chi connectivity index (χ3n) is 2.93. The van der Waals surface area contributed by atoms with Crippen molar-refractivity contribution in [3.8, 4) is 0 Å². The summed E-state index contributed by atoms with van der Waals surface area (Å²) in [4.78, 5) is 10.7. The lowest BCUT2D eigenvalue weighted by Crippen LogP contribution is -1.98. The van der Waals surface area contributed by atoms with Crippen molar-refractivity contribution in [2.24, 2.45) is 0 Å². The van der Waals surface area contributed by atoms with Crippen LogP contribution in [0.4, 0.5) is 0 Å². The molecule has 0 N–H and O–H groups in total. The number of carbonyl (C=O) groups excluding carboxylic acids is 1. The fourth-order valence-electron chi connectivity index (χ4n) is 2.11. The molecule has 1 heterocycles. The van der Waals surface area contributed by atoms with Crippen LogP contribution in [0.3, 0.4) is 0 Å². The van der Waals surface area contributed by atoms with E-state index in [0.29, 0.717) is 12.5 Å². The molecule has 0 bridgehead atoms. The molecule has 0 aliphatic heterocycles. The SMILES string of the molecule is Cc1ccc2c(CC=O)cn(C(C)C)c2c1. The lowest BCUT2D eigenvalue weighted by Gasteiger charge is -2.09. The third kappa shape index (κ3) is 1.75. The van der Waals surface area contributed by atoms with Gasteiger partial charge in [0.15, 0.2) is 0 Å². The molecule has 2 heteroatoms. The number of aryl methyl sites for hydroxylation is 1. The number of fused-ring (bicyclic) bond motifs is 1. The Kier molecular flexibility index (Phi) is 2.82. The number of benzene rings is 1. The average molecular weight is 215 g/mol. The van der Waals surface area contributed by atoms with Gasteiger partial charge in [0.05, 0.1) is 0 Å². The first-order chi connectivity index (χ1) is 7.63. The van der Waals surface area contributed by atoms with Crippen molar-refractivity contribution in [1.82, 2.24) is 4.57 Å². The summed E-state index contributed by atoms with van der Waals surface area (Å²) in [5.74, 6) is 0. The summed E-state index contributed by atoms with van der Waals surface area (Å²) in [7, 11) is 0. The van der Waals surface area contributed by atoms with Crippen LogP contribution in [-0.4, -0.2) is 10.9 Å². The number of aromatic nitrogens is 1. The second kappa shape index (κ2) is 4.12. The fourth-order valence-corrected chi connectivity index (χ4v) is 2.11. The van der Waals surface area contributed by atoms with Crippen molar-refractivity contribution in [1.29, 1.82) is 0 Å². The fraction of sp³-hybridized carbons (Fsp3) is 0.357. The average Bonchev–Trinajstić information content (AvgIpc) is 2.57. The molecule has 0 spiro atoms. The molecule has 2 nitrogen and oxygen atoms in total. The van der Waals surface area contributed by atoms with Gasteiger partial charge in [-0.1, -0.05) is 12.1 Å². The number of carbonyl (C=O) groups is 1. The molecule has 0 fully saturated rings. The first-order valence-electron chi connectivity index (χ1n) is 5.67. The molecule has 84 valence electrons. The summed E-state index contributed by atoms with van der Waals surface area (Å²) < 4.78 is 2.24. The minimum atomic E-state index is 0.421. The molecular formula is C14H17NO. The Morgan fingerprint density at radius 3 is 2.75 bits per heavy atom. The van der Waals surface area contributed by atoms with Gasteiger partial charge in [0, 0.05) is 29.6 Å². The lowest BCUT2D eigenvalue weighted by atomic mass is 10.1. The van der Waals surface area contributed by atoms with Crippen LogP contribution in [0, 0.1) is 6.92 Å². The molecule has 1 aromatic heterocycles. The maximum Gasteiger partial charge on any atom is 0.124 e. The molecule has 2 rings (SSSR count). The molecule has 0 aliphatic carbocycles. The van der Waals surface area contributed by atoms with Crippen LogP contribution in [0.15, 0.2) is 24.4 Å². The van der Waals surface area contributed by atoms with Crippen molar-refractivity contribution < 1.29 is 4.79 Å². The molecule has 0 unspecified atom stereocenters. The molecule has 0 amide bonds. The zero-order chi connectivity index (χ0) is 11.7. The topological polar surface area (TPSA) is 22.0 Å². The quantitative estimate of drug-likeness (QED) is 0.720. The number of hydrogen-bond donors (Lipinski definition) is 0. The molecule has 0 saturated heterocycles. The standard InChI is InChI=1S/C14H17NO/c1-10(2)15-9-12(6-7-16)13-5-4-11(3)8-14(13)15/h4-5,7-10H,6H2,1-3H3. The molecule has 0 aliphatic rings. The summed E-state index contributed by atoms with van der Waals surface area (Å²) >= 11 is 0. The van der Waals surface area contributed by atoms with Gasteiger partial charge in [0.1, 0.15) is 6.29 Å². The number of nitrogens with zero attached hydrogens (tertiary/aromatic N) is 1. The van der Waals surface area contributed by atoms with E-state index in [1.54, 1.807) is 0 Å². The summed E-state index contributed by atoms with van der Waals surface area (Å²) in [6, 6.07) is 6.82. The van der Waals surface area contributed by atoms with Crippen molar-refractivity contribution in [2.45, 2.75) is 33.2 Å². The number of aldehydes is 1. The van der Waals surface area contributed by atoms with Gasteiger partial charge in [-0.05, 0) is 38.0 Å². The highest BCUT2D eigenvalue weighted by Gasteiger charge is 2.09. The smallest absolute Gasteiger partial charge is 0.124 e. The van der Waals surface area contributed by atoms with E-state index in [9.17, 15) is 4.79 Å². The summed E-state index contributed by atoms with van der Waals surface area (Å²) in [5, 5.41) is 1.20. The largest absolute Gasteiger partial charge is 0.345 e. The molecule has 0 saturated carbocycles. The second-order valence-corrected chi connectivity index (χ2v) is 4.55. The van der Waals surface area contributed by atoms with Gasteiger partial charge in [0.2, 0.25) is 0 Å². The summed E-state index contributed by atoms with van der Waals surface area (Å²) in [6.07, 6.45) is 3.57. The van der Waals surface area contributed by atoms with Crippen LogP contribution in [0.1, 0.15) is 31.0 Å². The van der Waals surface area contributed by atoms with Gasteiger partial charge >= 0.3 is 0 Å². The molecular weight excluding hydrogens is 198 g/mol.